The van der Waals surface area contributed by atoms with E-state index in [4.69, 9.17) is 16.3 Å². The SMILES string of the molecule is CCOc1ccccc1NC(=O)N1Cc2ccccc2-n2cccc2[C@@H]1c1ccccc1Cl. The first-order chi connectivity index (χ1) is 16.2. The number of para-hydroxylation sites is 3. The Bertz CT molecular complexity index is 1300. The Kier molecular flexibility index (Phi) is 5.80. The number of urea groups is 1. The lowest BCUT2D eigenvalue weighted by molar-refractivity contribution is 0.194. The molecule has 0 saturated carbocycles. The molecule has 1 aromatic heterocycles. The normalized spacial score (nSPS) is 14.7. The van der Waals surface area contributed by atoms with Crippen molar-refractivity contribution in [1.29, 1.82) is 0 Å². The number of fused-ring (bicyclic) bond motifs is 3. The average molecular weight is 458 g/mol. The van der Waals surface area contributed by atoms with Gasteiger partial charge in [-0.3, -0.25) is 0 Å². The van der Waals surface area contributed by atoms with E-state index in [2.05, 4.69) is 22.0 Å². The number of rotatable bonds is 4. The predicted octanol–water partition coefficient (Wildman–Crippen LogP) is 6.67. The lowest BCUT2D eigenvalue weighted by atomic mass is 10.0. The lowest BCUT2D eigenvalue weighted by Gasteiger charge is -2.31. The van der Waals surface area contributed by atoms with Crippen LogP contribution in [0.25, 0.3) is 5.69 Å². The minimum absolute atomic E-state index is 0.225. The molecule has 1 aliphatic rings. The van der Waals surface area contributed by atoms with Gasteiger partial charge in [0, 0.05) is 11.2 Å². The topological polar surface area (TPSA) is 46.5 Å². The number of carbonyl (C=O) groups is 1. The summed E-state index contributed by atoms with van der Waals surface area (Å²) in [7, 11) is 0. The number of hydrogen-bond donors (Lipinski definition) is 1. The molecule has 0 saturated heterocycles. The van der Waals surface area contributed by atoms with E-state index in [-0.39, 0.29) is 12.1 Å². The molecule has 3 aromatic carbocycles. The van der Waals surface area contributed by atoms with Crippen LogP contribution in [0.15, 0.2) is 91.1 Å². The third-order valence-corrected chi connectivity index (χ3v) is 6.20. The molecule has 2 amide bonds. The second kappa shape index (κ2) is 9.04. The first-order valence-electron chi connectivity index (χ1n) is 11.0. The molecular weight excluding hydrogens is 434 g/mol. The van der Waals surface area contributed by atoms with Crippen LogP contribution in [0.1, 0.15) is 29.8 Å². The Hall–Kier alpha value is -3.70. The maximum absolute atomic E-state index is 13.8. The average Bonchev–Trinajstić information content (AvgIpc) is 3.26. The summed E-state index contributed by atoms with van der Waals surface area (Å²) in [6.45, 7) is 2.86. The summed E-state index contributed by atoms with van der Waals surface area (Å²) in [6.07, 6.45) is 2.03. The molecule has 0 fully saturated rings. The van der Waals surface area contributed by atoms with Crippen molar-refractivity contribution >= 4 is 23.3 Å². The molecule has 1 atom stereocenters. The Morgan fingerprint density at radius 1 is 1.00 bits per heavy atom. The molecule has 1 N–H and O–H groups in total. The zero-order chi connectivity index (χ0) is 22.8. The number of nitrogens with one attached hydrogen (secondary N) is 1. The minimum atomic E-state index is -0.375. The number of amides is 2. The molecule has 5 rings (SSSR count). The summed E-state index contributed by atoms with van der Waals surface area (Å²) >= 11 is 6.66. The van der Waals surface area contributed by atoms with Gasteiger partial charge in [0.05, 0.1) is 30.2 Å². The Labute approximate surface area is 198 Å². The van der Waals surface area contributed by atoms with Crippen molar-refractivity contribution in [3.63, 3.8) is 0 Å². The molecule has 33 heavy (non-hydrogen) atoms. The molecule has 0 aliphatic carbocycles. The van der Waals surface area contributed by atoms with Gasteiger partial charge in [-0.2, -0.15) is 0 Å². The van der Waals surface area contributed by atoms with Gasteiger partial charge in [-0.05, 0) is 54.4 Å². The van der Waals surface area contributed by atoms with Crippen molar-refractivity contribution < 1.29 is 9.53 Å². The van der Waals surface area contributed by atoms with E-state index in [1.54, 1.807) is 0 Å². The highest BCUT2D eigenvalue weighted by Crippen LogP contribution is 2.39. The molecule has 0 radical (unpaired) electrons. The highest BCUT2D eigenvalue weighted by atomic mass is 35.5. The fourth-order valence-corrected chi connectivity index (χ4v) is 4.64. The molecule has 0 bridgehead atoms. The molecule has 1 aliphatic heterocycles. The number of anilines is 1. The van der Waals surface area contributed by atoms with E-state index in [0.29, 0.717) is 29.6 Å². The van der Waals surface area contributed by atoms with Crippen molar-refractivity contribution in [1.82, 2.24) is 9.47 Å². The summed E-state index contributed by atoms with van der Waals surface area (Å²) in [4.78, 5) is 15.7. The van der Waals surface area contributed by atoms with E-state index in [1.807, 2.05) is 90.8 Å². The zero-order valence-corrected chi connectivity index (χ0v) is 19.0. The lowest BCUT2D eigenvalue weighted by Crippen LogP contribution is -2.38. The van der Waals surface area contributed by atoms with Crippen molar-refractivity contribution in [3.05, 3.63) is 113 Å². The van der Waals surface area contributed by atoms with Crippen LogP contribution in [0.3, 0.4) is 0 Å². The molecule has 0 unspecified atom stereocenters. The summed E-state index contributed by atoms with van der Waals surface area (Å²) in [5.74, 6) is 0.640. The maximum atomic E-state index is 13.8. The monoisotopic (exact) mass is 457 g/mol. The van der Waals surface area contributed by atoms with Crippen LogP contribution in [0.4, 0.5) is 10.5 Å². The third-order valence-electron chi connectivity index (χ3n) is 5.85. The van der Waals surface area contributed by atoms with Gasteiger partial charge in [0.1, 0.15) is 11.8 Å². The number of aromatic nitrogens is 1. The van der Waals surface area contributed by atoms with E-state index in [9.17, 15) is 4.79 Å². The molecule has 5 nitrogen and oxygen atoms in total. The number of nitrogens with zero attached hydrogens (tertiary/aromatic N) is 2. The van der Waals surface area contributed by atoms with Crippen molar-refractivity contribution in [2.45, 2.75) is 19.5 Å². The quantitative estimate of drug-likeness (QED) is 0.372. The molecule has 0 spiro atoms. The van der Waals surface area contributed by atoms with Gasteiger partial charge in [-0.1, -0.05) is 60.1 Å². The van der Waals surface area contributed by atoms with E-state index >= 15 is 0 Å². The van der Waals surface area contributed by atoms with Gasteiger partial charge >= 0.3 is 6.03 Å². The van der Waals surface area contributed by atoms with Gasteiger partial charge in [0.25, 0.3) is 0 Å². The Morgan fingerprint density at radius 2 is 1.76 bits per heavy atom. The Morgan fingerprint density at radius 3 is 2.61 bits per heavy atom. The number of hydrogen-bond acceptors (Lipinski definition) is 2. The molecule has 166 valence electrons. The molecule has 6 heteroatoms. The van der Waals surface area contributed by atoms with E-state index < -0.39 is 0 Å². The van der Waals surface area contributed by atoms with E-state index in [1.165, 1.54) is 0 Å². The van der Waals surface area contributed by atoms with Crippen molar-refractivity contribution in [2.24, 2.45) is 0 Å². The highest BCUT2D eigenvalue weighted by Gasteiger charge is 2.34. The summed E-state index contributed by atoms with van der Waals surface area (Å²) < 4.78 is 7.87. The van der Waals surface area contributed by atoms with Gasteiger partial charge in [0.15, 0.2) is 0 Å². The maximum Gasteiger partial charge on any atom is 0.323 e. The van der Waals surface area contributed by atoms with Crippen LogP contribution in [0.5, 0.6) is 5.75 Å². The van der Waals surface area contributed by atoms with Crippen LogP contribution < -0.4 is 10.1 Å². The van der Waals surface area contributed by atoms with Gasteiger partial charge < -0.3 is 19.5 Å². The van der Waals surface area contributed by atoms with Crippen molar-refractivity contribution in [3.8, 4) is 11.4 Å². The third kappa shape index (κ3) is 3.96. The van der Waals surface area contributed by atoms with Gasteiger partial charge in [-0.25, -0.2) is 4.79 Å². The van der Waals surface area contributed by atoms with Crippen LogP contribution in [-0.4, -0.2) is 22.1 Å². The van der Waals surface area contributed by atoms with Crippen LogP contribution >= 0.6 is 11.6 Å². The first kappa shape index (κ1) is 21.2. The van der Waals surface area contributed by atoms with Crippen LogP contribution in [-0.2, 0) is 6.54 Å². The Balaban J connectivity index is 1.63. The van der Waals surface area contributed by atoms with Crippen molar-refractivity contribution in [2.75, 3.05) is 11.9 Å². The number of carbonyl (C=O) groups excluding carboxylic acids is 1. The first-order valence-corrected chi connectivity index (χ1v) is 11.3. The van der Waals surface area contributed by atoms with Crippen LogP contribution in [0.2, 0.25) is 5.02 Å². The predicted molar refractivity (Wildman–Crippen MR) is 131 cm³/mol. The second-order valence-electron chi connectivity index (χ2n) is 7.84. The summed E-state index contributed by atoms with van der Waals surface area (Å²) in [5, 5.41) is 3.69. The summed E-state index contributed by atoms with van der Waals surface area (Å²) in [6, 6.07) is 26.8. The smallest absolute Gasteiger partial charge is 0.323 e. The second-order valence-corrected chi connectivity index (χ2v) is 8.25. The molecule has 4 aromatic rings. The highest BCUT2D eigenvalue weighted by molar-refractivity contribution is 6.31. The number of benzene rings is 3. The van der Waals surface area contributed by atoms with Crippen LogP contribution in [0, 0.1) is 0 Å². The number of halogens is 1. The number of ether oxygens (including phenoxy) is 1. The molecule has 2 heterocycles. The fourth-order valence-electron chi connectivity index (χ4n) is 4.40. The fraction of sp³-hybridized carbons (Fsp3) is 0.148. The standard InChI is InChI=1S/C27H24ClN3O2/c1-2-33-25-16-8-6-13-22(25)29-27(32)31-18-19-10-3-7-14-23(19)30-17-9-15-24(30)26(31)20-11-4-5-12-21(20)28/h3-17,26H,2,18H2,1H3,(H,29,32)/t26-/m0/s1. The largest absolute Gasteiger partial charge is 0.492 e. The zero-order valence-electron chi connectivity index (χ0n) is 18.2. The van der Waals surface area contributed by atoms with E-state index in [0.717, 1.165) is 22.5 Å². The van der Waals surface area contributed by atoms with Gasteiger partial charge in [-0.15, -0.1) is 0 Å². The summed E-state index contributed by atoms with van der Waals surface area (Å²) in [5.41, 5.74) is 4.59. The molecular formula is C27H24ClN3O2. The van der Waals surface area contributed by atoms with Gasteiger partial charge in [0.2, 0.25) is 0 Å². The minimum Gasteiger partial charge on any atom is -0.492 e.